The molecule has 0 radical (unpaired) electrons. The van der Waals surface area contributed by atoms with Crippen molar-refractivity contribution < 1.29 is 41.7 Å². The summed E-state index contributed by atoms with van der Waals surface area (Å²) in [5.74, 6) is -2.22. The topological polar surface area (TPSA) is 63.2 Å². The zero-order chi connectivity index (χ0) is 15.3. The van der Waals surface area contributed by atoms with Crippen molar-refractivity contribution in [2.24, 2.45) is 0 Å². The Kier molecular flexibility index (Phi) is 11.4. The first-order valence-corrected chi connectivity index (χ1v) is 5.94. The molecule has 0 aliphatic heterocycles. The van der Waals surface area contributed by atoms with Crippen molar-refractivity contribution in [1.29, 1.82) is 0 Å². The molecular formula is C11H19F3O6. The number of esters is 1. The van der Waals surface area contributed by atoms with Gasteiger partial charge in [-0.3, -0.25) is 0 Å². The smallest absolute Gasteiger partial charge is 0.457 e. The van der Waals surface area contributed by atoms with Gasteiger partial charge in [0.1, 0.15) is 6.61 Å². The van der Waals surface area contributed by atoms with Gasteiger partial charge < -0.3 is 23.7 Å². The van der Waals surface area contributed by atoms with E-state index in [0.717, 1.165) is 0 Å². The van der Waals surface area contributed by atoms with Crippen LogP contribution in [-0.4, -0.2) is 72.1 Å². The van der Waals surface area contributed by atoms with Gasteiger partial charge in [-0.25, -0.2) is 4.79 Å². The average Bonchev–Trinajstić information content (AvgIpc) is 2.38. The minimum Gasteiger partial charge on any atom is -0.457 e. The second-order valence-electron chi connectivity index (χ2n) is 3.46. The van der Waals surface area contributed by atoms with Crippen LogP contribution in [0.15, 0.2) is 0 Å². The molecule has 6 nitrogen and oxygen atoms in total. The van der Waals surface area contributed by atoms with E-state index < -0.39 is 18.8 Å². The number of rotatable bonds is 12. The van der Waals surface area contributed by atoms with Gasteiger partial charge in [0.2, 0.25) is 0 Å². The van der Waals surface area contributed by atoms with E-state index in [1.54, 1.807) is 7.11 Å². The van der Waals surface area contributed by atoms with E-state index in [9.17, 15) is 18.0 Å². The Hall–Kier alpha value is -0.900. The maximum Gasteiger partial charge on any atom is 0.490 e. The summed E-state index contributed by atoms with van der Waals surface area (Å²) in [4.78, 5) is 10.3. The van der Waals surface area contributed by atoms with Gasteiger partial charge in [0, 0.05) is 7.11 Å². The molecule has 9 heteroatoms. The maximum absolute atomic E-state index is 11.7. The first-order valence-electron chi connectivity index (χ1n) is 5.94. The first kappa shape index (κ1) is 19.1. The van der Waals surface area contributed by atoms with Crippen LogP contribution in [0.3, 0.4) is 0 Å². The standard InChI is InChI=1S/C11H19F3O6/c1-16-2-3-17-4-5-18-6-7-19-8-9-20-10(15)11(12,13)14/h2-9H2,1H3. The molecule has 0 rings (SSSR count). The van der Waals surface area contributed by atoms with Crippen LogP contribution >= 0.6 is 0 Å². The van der Waals surface area contributed by atoms with Crippen molar-refractivity contribution in [2.45, 2.75) is 6.18 Å². The van der Waals surface area contributed by atoms with E-state index in [0.29, 0.717) is 26.4 Å². The fourth-order valence-electron chi connectivity index (χ4n) is 0.959. The van der Waals surface area contributed by atoms with E-state index >= 15 is 0 Å². The Morgan fingerprint density at radius 1 is 0.800 bits per heavy atom. The van der Waals surface area contributed by atoms with Crippen LogP contribution in [0.1, 0.15) is 0 Å². The molecule has 0 atom stereocenters. The number of hydrogen-bond acceptors (Lipinski definition) is 6. The van der Waals surface area contributed by atoms with E-state index in [1.807, 2.05) is 0 Å². The highest BCUT2D eigenvalue weighted by Gasteiger charge is 2.40. The third-order valence-corrected chi connectivity index (χ3v) is 1.87. The van der Waals surface area contributed by atoms with Crippen LogP contribution in [0.4, 0.5) is 13.2 Å². The molecule has 0 N–H and O–H groups in total. The van der Waals surface area contributed by atoms with Crippen LogP contribution in [-0.2, 0) is 28.5 Å². The average molecular weight is 304 g/mol. The Labute approximate surface area is 115 Å². The summed E-state index contributed by atoms with van der Waals surface area (Å²) in [6, 6.07) is 0. The molecule has 0 unspecified atom stereocenters. The molecule has 20 heavy (non-hydrogen) atoms. The molecule has 0 aromatic carbocycles. The summed E-state index contributed by atoms with van der Waals surface area (Å²) >= 11 is 0. The lowest BCUT2D eigenvalue weighted by Crippen LogP contribution is -2.26. The molecule has 0 bridgehead atoms. The molecular weight excluding hydrogens is 285 g/mol. The summed E-state index contributed by atoms with van der Waals surface area (Å²) < 4.78 is 59.0. The molecule has 0 fully saturated rings. The Morgan fingerprint density at radius 3 is 1.60 bits per heavy atom. The monoisotopic (exact) mass is 304 g/mol. The van der Waals surface area contributed by atoms with Gasteiger partial charge in [-0.15, -0.1) is 0 Å². The molecule has 0 spiro atoms. The van der Waals surface area contributed by atoms with Crippen LogP contribution < -0.4 is 0 Å². The summed E-state index contributed by atoms with van der Waals surface area (Å²) in [6.07, 6.45) is -4.97. The summed E-state index contributed by atoms with van der Waals surface area (Å²) in [5.41, 5.74) is 0. The molecule has 120 valence electrons. The predicted octanol–water partition coefficient (Wildman–Crippen LogP) is 0.788. The lowest BCUT2D eigenvalue weighted by Gasteiger charge is -2.08. The highest BCUT2D eigenvalue weighted by molar-refractivity contribution is 5.75. The minimum atomic E-state index is -4.97. The van der Waals surface area contributed by atoms with Crippen molar-refractivity contribution >= 4 is 5.97 Å². The lowest BCUT2D eigenvalue weighted by atomic mass is 10.6. The number of ether oxygens (including phenoxy) is 5. The first-order chi connectivity index (χ1) is 9.48. The summed E-state index contributed by atoms with van der Waals surface area (Å²) in [5, 5.41) is 0. The largest absolute Gasteiger partial charge is 0.490 e. The van der Waals surface area contributed by atoms with Gasteiger partial charge in [-0.05, 0) is 0 Å². The number of hydrogen-bond donors (Lipinski definition) is 0. The van der Waals surface area contributed by atoms with Crippen LogP contribution in [0.5, 0.6) is 0 Å². The van der Waals surface area contributed by atoms with E-state index in [-0.39, 0.29) is 19.8 Å². The highest BCUT2D eigenvalue weighted by Crippen LogP contribution is 2.15. The zero-order valence-electron chi connectivity index (χ0n) is 11.2. The second kappa shape index (κ2) is 11.9. The number of carbonyl (C=O) groups is 1. The highest BCUT2D eigenvalue weighted by atomic mass is 19.4. The molecule has 0 amide bonds. The minimum absolute atomic E-state index is 0.116. The van der Waals surface area contributed by atoms with Gasteiger partial charge in [-0.1, -0.05) is 0 Å². The third-order valence-electron chi connectivity index (χ3n) is 1.87. The Bertz CT molecular complexity index is 247. The van der Waals surface area contributed by atoms with Gasteiger partial charge in [-0.2, -0.15) is 13.2 Å². The zero-order valence-corrected chi connectivity index (χ0v) is 11.2. The Balaban J connectivity index is 3.16. The molecule has 0 aromatic rings. The van der Waals surface area contributed by atoms with Crippen molar-refractivity contribution in [3.8, 4) is 0 Å². The molecule has 0 aliphatic carbocycles. The molecule has 0 saturated carbocycles. The lowest BCUT2D eigenvalue weighted by molar-refractivity contribution is -0.200. The third kappa shape index (κ3) is 12.2. The fourth-order valence-corrected chi connectivity index (χ4v) is 0.959. The van der Waals surface area contributed by atoms with Crippen LogP contribution in [0, 0.1) is 0 Å². The van der Waals surface area contributed by atoms with Gasteiger partial charge >= 0.3 is 12.1 Å². The summed E-state index contributed by atoms with van der Waals surface area (Å²) in [7, 11) is 1.57. The van der Waals surface area contributed by atoms with Crippen molar-refractivity contribution in [3.05, 3.63) is 0 Å². The molecule has 0 heterocycles. The molecule has 0 saturated heterocycles. The van der Waals surface area contributed by atoms with Crippen molar-refractivity contribution in [1.82, 2.24) is 0 Å². The molecule has 0 aliphatic rings. The van der Waals surface area contributed by atoms with E-state index in [1.165, 1.54) is 0 Å². The molecule has 0 aromatic heterocycles. The van der Waals surface area contributed by atoms with E-state index in [4.69, 9.17) is 18.9 Å². The van der Waals surface area contributed by atoms with Crippen LogP contribution in [0.25, 0.3) is 0 Å². The number of carbonyl (C=O) groups excluding carboxylic acids is 1. The summed E-state index contributed by atoms with van der Waals surface area (Å²) in [6.45, 7) is 1.72. The van der Waals surface area contributed by atoms with Gasteiger partial charge in [0.15, 0.2) is 0 Å². The van der Waals surface area contributed by atoms with Crippen LogP contribution in [0.2, 0.25) is 0 Å². The number of halogens is 3. The maximum atomic E-state index is 11.7. The number of methoxy groups -OCH3 is 1. The quantitative estimate of drug-likeness (QED) is 0.392. The number of alkyl halides is 3. The van der Waals surface area contributed by atoms with Crippen molar-refractivity contribution in [2.75, 3.05) is 60.0 Å². The second-order valence-corrected chi connectivity index (χ2v) is 3.46. The van der Waals surface area contributed by atoms with Gasteiger partial charge in [0.25, 0.3) is 0 Å². The van der Waals surface area contributed by atoms with E-state index in [2.05, 4.69) is 4.74 Å². The fraction of sp³-hybridized carbons (Fsp3) is 0.909. The predicted molar refractivity (Wildman–Crippen MR) is 61.3 cm³/mol. The Morgan fingerprint density at radius 2 is 1.20 bits per heavy atom. The SMILES string of the molecule is COCCOCCOCCOCCOC(=O)C(F)(F)F. The van der Waals surface area contributed by atoms with Crippen molar-refractivity contribution in [3.63, 3.8) is 0 Å². The normalized spacial score (nSPS) is 11.6. The van der Waals surface area contributed by atoms with Gasteiger partial charge in [0.05, 0.1) is 46.2 Å².